The lowest BCUT2D eigenvalue weighted by molar-refractivity contribution is 0.0988. The molecule has 2 heteroatoms. The molecule has 1 amide bonds. The lowest BCUT2D eigenvalue weighted by Gasteiger charge is -2.23. The molecule has 0 radical (unpaired) electrons. The zero-order valence-electron chi connectivity index (χ0n) is 11.5. The van der Waals surface area contributed by atoms with Gasteiger partial charge in [-0.1, -0.05) is 51.0 Å². The fraction of sp³-hybridized carbons (Fsp3) is 0.353. The molecule has 3 rings (SSSR count). The topological polar surface area (TPSA) is 20.3 Å². The van der Waals surface area contributed by atoms with Gasteiger partial charge in [0.05, 0.1) is 5.69 Å². The Hall–Kier alpha value is -1.83. The number of rotatable bonds is 4. The number of amides is 1. The van der Waals surface area contributed by atoms with Gasteiger partial charge in [0.2, 0.25) is 0 Å². The van der Waals surface area contributed by atoms with Gasteiger partial charge >= 0.3 is 0 Å². The molecule has 0 aromatic heterocycles. The van der Waals surface area contributed by atoms with Crippen LogP contribution in [0.4, 0.5) is 5.69 Å². The first-order valence-electron chi connectivity index (χ1n) is 7.09. The predicted molar refractivity (Wildman–Crippen MR) is 79.7 cm³/mol. The van der Waals surface area contributed by atoms with Crippen molar-refractivity contribution in [1.82, 2.24) is 0 Å². The van der Waals surface area contributed by atoms with Gasteiger partial charge in [-0.05, 0) is 23.4 Å². The molecule has 1 aliphatic heterocycles. The van der Waals surface area contributed by atoms with Crippen LogP contribution in [-0.4, -0.2) is 12.5 Å². The maximum Gasteiger partial charge on any atom is 0.259 e. The molecule has 0 fully saturated rings. The number of anilines is 1. The van der Waals surface area contributed by atoms with Gasteiger partial charge in [-0.15, -0.1) is 0 Å². The Morgan fingerprint density at radius 1 is 1.05 bits per heavy atom. The smallest absolute Gasteiger partial charge is 0.259 e. The van der Waals surface area contributed by atoms with Crippen molar-refractivity contribution in [1.29, 1.82) is 0 Å². The molecule has 1 heterocycles. The number of carbonyl (C=O) groups is 1. The summed E-state index contributed by atoms with van der Waals surface area (Å²) < 4.78 is 0. The van der Waals surface area contributed by atoms with E-state index in [2.05, 4.69) is 32.0 Å². The number of benzene rings is 2. The first kappa shape index (κ1) is 12.2. The molecule has 0 N–H and O–H groups in total. The van der Waals surface area contributed by atoms with Gasteiger partial charge in [0, 0.05) is 17.5 Å². The highest BCUT2D eigenvalue weighted by molar-refractivity contribution is 6.24. The summed E-state index contributed by atoms with van der Waals surface area (Å²) in [5.41, 5.74) is 1.95. The molecule has 0 saturated carbocycles. The third kappa shape index (κ3) is 1.83. The van der Waals surface area contributed by atoms with Crippen molar-refractivity contribution in [2.45, 2.75) is 26.7 Å². The Balaban J connectivity index is 2.08. The quantitative estimate of drug-likeness (QED) is 0.798. The molecule has 0 saturated heterocycles. The third-order valence-corrected chi connectivity index (χ3v) is 4.24. The van der Waals surface area contributed by atoms with Crippen LogP contribution in [0.25, 0.3) is 10.8 Å². The van der Waals surface area contributed by atoms with E-state index >= 15 is 0 Å². The predicted octanol–water partition coefficient (Wildman–Crippen LogP) is 4.24. The van der Waals surface area contributed by atoms with Crippen molar-refractivity contribution in [3.63, 3.8) is 0 Å². The highest BCUT2D eigenvalue weighted by atomic mass is 16.2. The summed E-state index contributed by atoms with van der Waals surface area (Å²) in [6, 6.07) is 12.2. The van der Waals surface area contributed by atoms with Crippen molar-refractivity contribution in [3.05, 3.63) is 42.0 Å². The molecule has 0 unspecified atom stereocenters. The molecule has 19 heavy (non-hydrogen) atoms. The van der Waals surface area contributed by atoms with E-state index in [0.29, 0.717) is 5.92 Å². The summed E-state index contributed by atoms with van der Waals surface area (Å²) in [5.74, 6) is 0.743. The van der Waals surface area contributed by atoms with Crippen molar-refractivity contribution >= 4 is 22.4 Å². The molecular formula is C17H19NO. The zero-order valence-corrected chi connectivity index (χ0v) is 11.5. The van der Waals surface area contributed by atoms with Crippen LogP contribution < -0.4 is 4.90 Å². The standard InChI is InChI=1S/C17H19NO/c1-3-12(4-2)11-18-15-10-6-8-13-7-5-9-14(16(13)15)17(18)19/h5-10,12H,3-4,11H2,1-2H3. The second kappa shape index (κ2) is 4.69. The average molecular weight is 253 g/mol. The van der Waals surface area contributed by atoms with Gasteiger partial charge in [-0.25, -0.2) is 0 Å². The van der Waals surface area contributed by atoms with Crippen molar-refractivity contribution in [3.8, 4) is 0 Å². The van der Waals surface area contributed by atoms with E-state index < -0.39 is 0 Å². The fourth-order valence-corrected chi connectivity index (χ4v) is 2.97. The van der Waals surface area contributed by atoms with Crippen LogP contribution in [0.15, 0.2) is 36.4 Å². The lowest BCUT2D eigenvalue weighted by Crippen LogP contribution is -2.31. The summed E-state index contributed by atoms with van der Waals surface area (Å²) in [5, 5.41) is 2.29. The maximum absolute atomic E-state index is 12.6. The molecule has 1 aliphatic rings. The summed E-state index contributed by atoms with van der Waals surface area (Å²) >= 11 is 0. The molecule has 0 atom stereocenters. The Morgan fingerprint density at radius 2 is 1.74 bits per heavy atom. The Labute approximate surface area is 114 Å². The Bertz CT molecular complexity index is 623. The minimum atomic E-state index is 0.165. The van der Waals surface area contributed by atoms with Crippen LogP contribution in [0.5, 0.6) is 0 Å². The first-order valence-corrected chi connectivity index (χ1v) is 7.09. The maximum atomic E-state index is 12.6. The van der Waals surface area contributed by atoms with Gasteiger partial charge in [0.1, 0.15) is 0 Å². The van der Waals surface area contributed by atoms with E-state index in [0.717, 1.165) is 41.4 Å². The van der Waals surface area contributed by atoms with Crippen LogP contribution in [0.1, 0.15) is 37.0 Å². The molecular weight excluding hydrogens is 234 g/mol. The summed E-state index contributed by atoms with van der Waals surface area (Å²) in [4.78, 5) is 14.5. The number of carbonyl (C=O) groups excluding carboxylic acids is 1. The number of hydrogen-bond donors (Lipinski definition) is 0. The Kier molecular flexibility index (Phi) is 3.02. The molecule has 2 nitrogen and oxygen atoms in total. The fourth-order valence-electron chi connectivity index (χ4n) is 2.97. The van der Waals surface area contributed by atoms with Crippen molar-refractivity contribution < 1.29 is 4.79 Å². The number of hydrogen-bond acceptors (Lipinski definition) is 1. The molecule has 2 aromatic carbocycles. The summed E-state index contributed by atoms with van der Waals surface area (Å²) in [7, 11) is 0. The van der Waals surface area contributed by atoms with Crippen molar-refractivity contribution in [2.75, 3.05) is 11.4 Å². The molecule has 0 aliphatic carbocycles. The summed E-state index contributed by atoms with van der Waals surface area (Å²) in [6.07, 6.45) is 2.24. The largest absolute Gasteiger partial charge is 0.307 e. The van der Waals surface area contributed by atoms with Crippen LogP contribution in [-0.2, 0) is 0 Å². The number of nitrogens with zero attached hydrogens (tertiary/aromatic N) is 1. The summed E-state index contributed by atoms with van der Waals surface area (Å²) in [6.45, 7) is 5.23. The highest BCUT2D eigenvalue weighted by Crippen LogP contribution is 2.37. The molecule has 0 bridgehead atoms. The van der Waals surface area contributed by atoms with Gasteiger partial charge in [-0.3, -0.25) is 4.79 Å². The second-order valence-electron chi connectivity index (χ2n) is 5.28. The minimum Gasteiger partial charge on any atom is -0.307 e. The SMILES string of the molecule is CCC(CC)CN1C(=O)c2cccc3cccc1c23. The van der Waals surface area contributed by atoms with E-state index in [-0.39, 0.29) is 5.91 Å². The average Bonchev–Trinajstić information content (AvgIpc) is 2.72. The van der Waals surface area contributed by atoms with Gasteiger partial charge < -0.3 is 4.90 Å². The van der Waals surface area contributed by atoms with E-state index in [1.54, 1.807) is 0 Å². The molecule has 2 aromatic rings. The third-order valence-electron chi connectivity index (χ3n) is 4.24. The van der Waals surface area contributed by atoms with Crippen LogP contribution >= 0.6 is 0 Å². The van der Waals surface area contributed by atoms with Crippen LogP contribution in [0, 0.1) is 5.92 Å². The van der Waals surface area contributed by atoms with Crippen LogP contribution in [0.3, 0.4) is 0 Å². The lowest BCUT2D eigenvalue weighted by atomic mass is 10.0. The van der Waals surface area contributed by atoms with E-state index in [1.165, 1.54) is 0 Å². The van der Waals surface area contributed by atoms with Crippen LogP contribution in [0.2, 0.25) is 0 Å². The van der Waals surface area contributed by atoms with Gasteiger partial charge in [0.25, 0.3) is 5.91 Å². The molecule has 98 valence electrons. The Morgan fingerprint density at radius 3 is 2.42 bits per heavy atom. The van der Waals surface area contributed by atoms with E-state index in [9.17, 15) is 4.79 Å². The highest BCUT2D eigenvalue weighted by Gasteiger charge is 2.30. The van der Waals surface area contributed by atoms with Gasteiger partial charge in [0.15, 0.2) is 0 Å². The van der Waals surface area contributed by atoms with Crippen molar-refractivity contribution in [2.24, 2.45) is 5.92 Å². The van der Waals surface area contributed by atoms with Gasteiger partial charge in [-0.2, -0.15) is 0 Å². The first-order chi connectivity index (χ1) is 9.26. The second-order valence-corrected chi connectivity index (χ2v) is 5.28. The van der Waals surface area contributed by atoms with E-state index in [4.69, 9.17) is 0 Å². The zero-order chi connectivity index (χ0) is 13.4. The normalized spacial score (nSPS) is 13.8. The monoisotopic (exact) mass is 253 g/mol. The van der Waals surface area contributed by atoms with E-state index in [1.807, 2.05) is 23.1 Å². The minimum absolute atomic E-state index is 0.165. The molecule has 0 spiro atoms.